The third-order valence-electron chi connectivity index (χ3n) is 13.9. The number of fused-ring (bicyclic) bond motifs is 11. The lowest BCUT2D eigenvalue weighted by molar-refractivity contribution is 0.674. The summed E-state index contributed by atoms with van der Waals surface area (Å²) < 4.78 is 11.9. The Labute approximate surface area is 392 Å². The zero-order valence-corrected chi connectivity index (χ0v) is 36.9. The average Bonchev–Trinajstić information content (AvgIpc) is 4.08. The van der Waals surface area contributed by atoms with Crippen LogP contribution in [0.25, 0.3) is 110 Å². The lowest BCUT2D eigenvalue weighted by Crippen LogP contribution is -2.14. The molecule has 14 rings (SSSR count). The molecule has 0 aliphatic carbocycles. The van der Waals surface area contributed by atoms with Crippen molar-refractivity contribution >= 4 is 93.4 Å². The maximum Gasteiger partial charge on any atom is 0.143 e. The standard InChI is InChI=1S/C64H41N3O/c1-2-20-46-42(18-1)38-41-54-53-27-17-26-52(64(53)68-63(46)54)51-25-8-10-29-56(51)65(61-34-15-16-35-62(61)67-59-32-13-6-23-49(59)50-24-7-14-33-60(50)67)44-39-36-43(37-40-44)45-19-3-9-28-55(45)66-57-30-11-4-21-47(57)48-22-5-12-31-58(48)66/h1-41H. The monoisotopic (exact) mass is 867 g/mol. The highest BCUT2D eigenvalue weighted by molar-refractivity contribution is 6.18. The summed E-state index contributed by atoms with van der Waals surface area (Å²) in [7, 11) is 0. The average molecular weight is 868 g/mol. The topological polar surface area (TPSA) is 26.2 Å². The van der Waals surface area contributed by atoms with E-state index in [4.69, 9.17) is 4.42 Å². The fraction of sp³-hybridized carbons (Fsp3) is 0. The van der Waals surface area contributed by atoms with E-state index in [1.165, 1.54) is 32.6 Å². The van der Waals surface area contributed by atoms with E-state index < -0.39 is 0 Å². The van der Waals surface area contributed by atoms with Crippen LogP contribution in [0.3, 0.4) is 0 Å². The van der Waals surface area contributed by atoms with Gasteiger partial charge in [-0.15, -0.1) is 0 Å². The van der Waals surface area contributed by atoms with Gasteiger partial charge in [-0.05, 0) is 77.7 Å². The fourth-order valence-electron chi connectivity index (χ4n) is 11.0. The first-order valence-corrected chi connectivity index (χ1v) is 23.3. The largest absolute Gasteiger partial charge is 0.455 e. The molecule has 0 atom stereocenters. The summed E-state index contributed by atoms with van der Waals surface area (Å²) in [6.07, 6.45) is 0. The molecule has 0 unspecified atom stereocenters. The van der Waals surface area contributed by atoms with Gasteiger partial charge in [0.1, 0.15) is 11.2 Å². The summed E-state index contributed by atoms with van der Waals surface area (Å²) in [5, 5.41) is 9.43. The van der Waals surface area contributed by atoms with E-state index in [0.717, 1.165) is 94.4 Å². The molecule has 3 aromatic heterocycles. The highest BCUT2D eigenvalue weighted by atomic mass is 16.3. The zero-order valence-electron chi connectivity index (χ0n) is 36.9. The van der Waals surface area contributed by atoms with Crippen molar-refractivity contribution in [3.8, 4) is 33.6 Å². The molecule has 14 aromatic rings. The molecule has 0 radical (unpaired) electrons. The molecular formula is C64H41N3O. The van der Waals surface area contributed by atoms with Gasteiger partial charge in [-0.25, -0.2) is 0 Å². The first kappa shape index (κ1) is 38.2. The van der Waals surface area contributed by atoms with Crippen molar-refractivity contribution in [1.29, 1.82) is 0 Å². The van der Waals surface area contributed by atoms with Crippen LogP contribution in [0.5, 0.6) is 0 Å². The number of hydrogen-bond donors (Lipinski definition) is 0. The van der Waals surface area contributed by atoms with E-state index in [0.29, 0.717) is 0 Å². The van der Waals surface area contributed by atoms with Crippen LogP contribution in [0.1, 0.15) is 0 Å². The Morgan fingerprint density at radius 1 is 0.279 bits per heavy atom. The van der Waals surface area contributed by atoms with Gasteiger partial charge in [-0.2, -0.15) is 0 Å². The summed E-state index contributed by atoms with van der Waals surface area (Å²) >= 11 is 0. The molecule has 0 aliphatic heterocycles. The molecule has 3 heterocycles. The van der Waals surface area contributed by atoms with Crippen molar-refractivity contribution in [2.45, 2.75) is 0 Å². The second-order valence-corrected chi connectivity index (χ2v) is 17.6. The molecule has 11 aromatic carbocycles. The van der Waals surface area contributed by atoms with Gasteiger partial charge in [0.25, 0.3) is 0 Å². The lowest BCUT2D eigenvalue weighted by Gasteiger charge is -2.30. The second kappa shape index (κ2) is 15.2. The Hall–Kier alpha value is -9.12. The normalized spacial score (nSPS) is 11.8. The summed E-state index contributed by atoms with van der Waals surface area (Å²) in [5.41, 5.74) is 16.2. The number of furan rings is 1. The quantitative estimate of drug-likeness (QED) is 0.160. The molecule has 68 heavy (non-hydrogen) atoms. The number of para-hydroxylation sites is 9. The molecule has 0 saturated heterocycles. The molecule has 0 N–H and O–H groups in total. The van der Waals surface area contributed by atoms with Gasteiger partial charge in [0, 0.05) is 60.1 Å². The van der Waals surface area contributed by atoms with Crippen molar-refractivity contribution in [3.05, 3.63) is 249 Å². The predicted octanol–water partition coefficient (Wildman–Crippen LogP) is 17.7. The minimum Gasteiger partial charge on any atom is -0.455 e. The van der Waals surface area contributed by atoms with Gasteiger partial charge in [0.15, 0.2) is 0 Å². The van der Waals surface area contributed by atoms with Gasteiger partial charge in [0.05, 0.1) is 44.8 Å². The van der Waals surface area contributed by atoms with Crippen LogP contribution in [-0.4, -0.2) is 9.13 Å². The van der Waals surface area contributed by atoms with E-state index in [-0.39, 0.29) is 0 Å². The Bertz CT molecular complexity index is 4180. The van der Waals surface area contributed by atoms with Crippen molar-refractivity contribution < 1.29 is 4.42 Å². The number of benzene rings is 11. The number of anilines is 3. The molecule has 0 fully saturated rings. The number of rotatable bonds is 7. The third kappa shape index (κ3) is 5.74. The minimum absolute atomic E-state index is 0.874. The molecular weight excluding hydrogens is 827 g/mol. The zero-order chi connectivity index (χ0) is 44.7. The maximum absolute atomic E-state index is 7.01. The first-order valence-electron chi connectivity index (χ1n) is 23.3. The molecule has 0 aliphatic rings. The van der Waals surface area contributed by atoms with E-state index >= 15 is 0 Å². The molecule has 4 heteroatoms. The summed E-state index contributed by atoms with van der Waals surface area (Å²) in [4.78, 5) is 2.44. The Balaban J connectivity index is 0.997. The molecule has 4 nitrogen and oxygen atoms in total. The van der Waals surface area contributed by atoms with Crippen molar-refractivity contribution in [1.82, 2.24) is 9.13 Å². The van der Waals surface area contributed by atoms with Crippen LogP contribution >= 0.6 is 0 Å². The van der Waals surface area contributed by atoms with Crippen molar-refractivity contribution in [3.63, 3.8) is 0 Å². The van der Waals surface area contributed by atoms with Crippen molar-refractivity contribution in [2.75, 3.05) is 4.90 Å². The van der Waals surface area contributed by atoms with E-state index in [1.54, 1.807) is 0 Å². The number of hydrogen-bond acceptors (Lipinski definition) is 2. The van der Waals surface area contributed by atoms with E-state index in [1.807, 2.05) is 0 Å². The molecule has 0 saturated carbocycles. The van der Waals surface area contributed by atoms with Crippen LogP contribution in [0.4, 0.5) is 17.1 Å². The summed E-state index contributed by atoms with van der Waals surface area (Å²) in [6.45, 7) is 0. The Morgan fingerprint density at radius 2 is 0.735 bits per heavy atom. The highest BCUT2D eigenvalue weighted by Gasteiger charge is 2.25. The van der Waals surface area contributed by atoms with Crippen LogP contribution in [-0.2, 0) is 0 Å². The fourth-order valence-corrected chi connectivity index (χ4v) is 11.0. The third-order valence-corrected chi connectivity index (χ3v) is 13.9. The van der Waals surface area contributed by atoms with Gasteiger partial charge in [0.2, 0.25) is 0 Å². The van der Waals surface area contributed by atoms with Crippen LogP contribution in [0, 0.1) is 0 Å². The van der Waals surface area contributed by atoms with E-state index in [2.05, 4.69) is 263 Å². The number of nitrogens with zero attached hydrogens (tertiary/aromatic N) is 3. The van der Waals surface area contributed by atoms with Crippen molar-refractivity contribution in [2.24, 2.45) is 0 Å². The smallest absolute Gasteiger partial charge is 0.143 e. The summed E-state index contributed by atoms with van der Waals surface area (Å²) in [6, 6.07) is 89.9. The molecule has 318 valence electrons. The summed E-state index contributed by atoms with van der Waals surface area (Å²) in [5.74, 6) is 0. The SMILES string of the molecule is c1ccc(N(c2ccc(-c3ccccc3-n3c4ccccc4c4ccccc43)cc2)c2ccccc2-n2c3ccccc3c3ccccc32)c(-c2cccc3c2oc2c4ccccc4ccc32)c1. The lowest BCUT2D eigenvalue weighted by atomic mass is 9.98. The van der Waals surface area contributed by atoms with Gasteiger partial charge in [-0.1, -0.05) is 182 Å². The molecule has 0 bridgehead atoms. The highest BCUT2D eigenvalue weighted by Crippen LogP contribution is 2.48. The van der Waals surface area contributed by atoms with Crippen LogP contribution < -0.4 is 4.90 Å². The minimum atomic E-state index is 0.874. The first-order chi connectivity index (χ1) is 33.8. The predicted molar refractivity (Wildman–Crippen MR) is 285 cm³/mol. The molecule has 0 spiro atoms. The van der Waals surface area contributed by atoms with Gasteiger partial charge in [-0.3, -0.25) is 0 Å². The van der Waals surface area contributed by atoms with E-state index in [9.17, 15) is 0 Å². The maximum atomic E-state index is 7.01. The Kier molecular flexibility index (Phi) is 8.55. The van der Waals surface area contributed by atoms with Crippen LogP contribution in [0.15, 0.2) is 253 Å². The number of aromatic nitrogens is 2. The Morgan fingerprint density at radius 3 is 1.38 bits per heavy atom. The van der Waals surface area contributed by atoms with Gasteiger partial charge >= 0.3 is 0 Å². The van der Waals surface area contributed by atoms with Gasteiger partial charge < -0.3 is 18.5 Å². The van der Waals surface area contributed by atoms with Crippen LogP contribution in [0.2, 0.25) is 0 Å². The second-order valence-electron chi connectivity index (χ2n) is 17.6. The molecule has 0 amide bonds.